The van der Waals surface area contributed by atoms with Crippen molar-refractivity contribution in [2.24, 2.45) is 5.92 Å². The third-order valence-corrected chi connectivity index (χ3v) is 2.28. The number of aliphatic hydroxyl groups excluding tert-OH is 1. The van der Waals surface area contributed by atoms with Crippen LogP contribution in [0, 0.1) is 5.92 Å². The number of aliphatic hydroxyl groups is 1. The van der Waals surface area contributed by atoms with Gasteiger partial charge >= 0.3 is 0 Å². The molecule has 0 aromatic carbocycles. The summed E-state index contributed by atoms with van der Waals surface area (Å²) in [5, 5.41) is 8.42. The summed E-state index contributed by atoms with van der Waals surface area (Å²) in [5.74, 6) is 0.631. The molecule has 1 rings (SSSR count). The first-order valence-corrected chi connectivity index (χ1v) is 4.56. The number of ether oxygens (including phenoxy) is 1. The Morgan fingerprint density at radius 1 is 1.50 bits per heavy atom. The van der Waals surface area contributed by atoms with Crippen molar-refractivity contribution in [2.45, 2.75) is 25.7 Å². The first kappa shape index (κ1) is 9.68. The number of rotatable bonds is 5. The fourth-order valence-electron chi connectivity index (χ4n) is 1.59. The average molecular weight is 172 g/mol. The molecule has 1 fully saturated rings. The van der Waals surface area contributed by atoms with Crippen LogP contribution in [0.1, 0.15) is 25.7 Å². The van der Waals surface area contributed by atoms with Crippen molar-refractivity contribution in [2.75, 3.05) is 19.8 Å². The molecule has 0 bridgehead atoms. The molecule has 1 aliphatic rings. The van der Waals surface area contributed by atoms with Gasteiger partial charge in [-0.2, -0.15) is 0 Å². The van der Waals surface area contributed by atoms with Crippen molar-refractivity contribution in [3.63, 3.8) is 0 Å². The summed E-state index contributed by atoms with van der Waals surface area (Å²) in [6.45, 7) is 1.07. The number of ketones is 1. The monoisotopic (exact) mass is 172 g/mol. The highest BCUT2D eigenvalue weighted by atomic mass is 16.5. The second-order valence-electron chi connectivity index (χ2n) is 3.18. The fourth-order valence-corrected chi connectivity index (χ4v) is 1.59. The van der Waals surface area contributed by atoms with Gasteiger partial charge in [0.15, 0.2) is 0 Å². The highest BCUT2D eigenvalue weighted by molar-refractivity contribution is 5.82. The number of hydrogen-bond donors (Lipinski definition) is 1. The van der Waals surface area contributed by atoms with E-state index >= 15 is 0 Å². The van der Waals surface area contributed by atoms with E-state index in [1.165, 1.54) is 0 Å². The Hall–Kier alpha value is -0.410. The van der Waals surface area contributed by atoms with Gasteiger partial charge in [-0.15, -0.1) is 0 Å². The Bertz CT molecular complexity index is 145. The Kier molecular flexibility index (Phi) is 4.25. The number of carbonyl (C=O) groups is 1. The van der Waals surface area contributed by atoms with Gasteiger partial charge in [0.1, 0.15) is 5.78 Å². The molecule has 12 heavy (non-hydrogen) atoms. The summed E-state index contributed by atoms with van der Waals surface area (Å²) in [6, 6.07) is 0. The van der Waals surface area contributed by atoms with Crippen molar-refractivity contribution in [3.8, 4) is 0 Å². The lowest BCUT2D eigenvalue weighted by atomic mass is 10.0. The van der Waals surface area contributed by atoms with Gasteiger partial charge in [0.05, 0.1) is 13.2 Å². The molecule has 0 saturated heterocycles. The normalized spacial score (nSPS) is 23.4. The molecule has 1 unspecified atom stereocenters. The minimum Gasteiger partial charge on any atom is -0.394 e. The Labute approximate surface area is 72.7 Å². The van der Waals surface area contributed by atoms with Crippen LogP contribution in [0.4, 0.5) is 0 Å². The lowest BCUT2D eigenvalue weighted by Crippen LogP contribution is -2.10. The van der Waals surface area contributed by atoms with Crippen LogP contribution in [0.5, 0.6) is 0 Å². The number of carbonyl (C=O) groups excluding carboxylic acids is 1. The van der Waals surface area contributed by atoms with Crippen LogP contribution in [-0.4, -0.2) is 30.7 Å². The van der Waals surface area contributed by atoms with Crippen molar-refractivity contribution < 1.29 is 14.6 Å². The zero-order valence-corrected chi connectivity index (χ0v) is 7.29. The van der Waals surface area contributed by atoms with Crippen molar-refractivity contribution >= 4 is 5.78 Å². The number of Topliss-reactive ketones (excluding diaryl/α,β-unsaturated/α-hetero) is 1. The fraction of sp³-hybridized carbons (Fsp3) is 0.889. The molecule has 0 heterocycles. The maximum Gasteiger partial charge on any atom is 0.136 e. The first-order valence-electron chi connectivity index (χ1n) is 4.56. The third kappa shape index (κ3) is 2.91. The molecule has 0 spiro atoms. The standard InChI is InChI=1S/C9H16O3/c10-5-7-12-6-4-8-2-1-3-9(8)11/h8,10H,1-7H2. The van der Waals surface area contributed by atoms with Crippen LogP contribution in [0.25, 0.3) is 0 Å². The Balaban J connectivity index is 2.02. The zero-order valence-electron chi connectivity index (χ0n) is 7.29. The van der Waals surface area contributed by atoms with E-state index in [1.54, 1.807) is 0 Å². The van der Waals surface area contributed by atoms with E-state index in [-0.39, 0.29) is 12.5 Å². The third-order valence-electron chi connectivity index (χ3n) is 2.28. The predicted molar refractivity (Wildman–Crippen MR) is 44.9 cm³/mol. The highest BCUT2D eigenvalue weighted by Gasteiger charge is 2.23. The molecule has 1 saturated carbocycles. The van der Waals surface area contributed by atoms with E-state index in [0.29, 0.717) is 19.0 Å². The predicted octanol–water partition coefficient (Wildman–Crippen LogP) is 0.755. The minimum atomic E-state index is 0.0681. The Morgan fingerprint density at radius 3 is 2.92 bits per heavy atom. The van der Waals surface area contributed by atoms with E-state index in [9.17, 15) is 4.79 Å². The van der Waals surface area contributed by atoms with Crippen LogP contribution < -0.4 is 0 Å². The average Bonchev–Trinajstić information content (AvgIpc) is 2.46. The molecular formula is C9H16O3. The van der Waals surface area contributed by atoms with Gasteiger partial charge in [0.2, 0.25) is 0 Å². The lowest BCUT2D eigenvalue weighted by Gasteiger charge is -2.06. The second-order valence-corrected chi connectivity index (χ2v) is 3.18. The van der Waals surface area contributed by atoms with Gasteiger partial charge < -0.3 is 9.84 Å². The summed E-state index contributed by atoms with van der Waals surface area (Å²) in [5.41, 5.74) is 0. The van der Waals surface area contributed by atoms with Crippen LogP contribution in [0.3, 0.4) is 0 Å². The van der Waals surface area contributed by atoms with Crippen LogP contribution >= 0.6 is 0 Å². The van der Waals surface area contributed by atoms with Gasteiger partial charge in [-0.1, -0.05) is 0 Å². The Morgan fingerprint density at radius 2 is 2.33 bits per heavy atom. The van der Waals surface area contributed by atoms with Gasteiger partial charge in [0, 0.05) is 18.9 Å². The minimum absolute atomic E-state index is 0.0681. The highest BCUT2D eigenvalue weighted by Crippen LogP contribution is 2.23. The number of hydrogen-bond acceptors (Lipinski definition) is 3. The maximum absolute atomic E-state index is 11.1. The summed E-state index contributed by atoms with van der Waals surface area (Å²) in [4.78, 5) is 11.1. The van der Waals surface area contributed by atoms with E-state index in [1.807, 2.05) is 0 Å². The van der Waals surface area contributed by atoms with E-state index < -0.39 is 0 Å². The molecule has 3 heteroatoms. The van der Waals surface area contributed by atoms with Crippen molar-refractivity contribution in [1.82, 2.24) is 0 Å². The molecule has 0 aromatic heterocycles. The largest absolute Gasteiger partial charge is 0.394 e. The molecular weight excluding hydrogens is 156 g/mol. The van der Waals surface area contributed by atoms with E-state index in [4.69, 9.17) is 9.84 Å². The summed E-state index contributed by atoms with van der Waals surface area (Å²) in [6.07, 6.45) is 3.66. The first-order chi connectivity index (χ1) is 5.84. The summed E-state index contributed by atoms with van der Waals surface area (Å²) >= 11 is 0. The molecule has 0 aromatic rings. The molecule has 70 valence electrons. The van der Waals surface area contributed by atoms with E-state index in [2.05, 4.69) is 0 Å². The van der Waals surface area contributed by atoms with Gasteiger partial charge in [0.25, 0.3) is 0 Å². The van der Waals surface area contributed by atoms with Crippen molar-refractivity contribution in [1.29, 1.82) is 0 Å². The smallest absolute Gasteiger partial charge is 0.136 e. The quantitative estimate of drug-likeness (QED) is 0.622. The van der Waals surface area contributed by atoms with Gasteiger partial charge in [-0.3, -0.25) is 4.79 Å². The van der Waals surface area contributed by atoms with Gasteiger partial charge in [-0.05, 0) is 19.3 Å². The van der Waals surface area contributed by atoms with Crippen LogP contribution in [0.15, 0.2) is 0 Å². The maximum atomic E-state index is 11.1. The van der Waals surface area contributed by atoms with Gasteiger partial charge in [-0.25, -0.2) is 0 Å². The van der Waals surface area contributed by atoms with E-state index in [0.717, 1.165) is 25.7 Å². The molecule has 3 nitrogen and oxygen atoms in total. The summed E-state index contributed by atoms with van der Waals surface area (Å²) < 4.78 is 5.09. The van der Waals surface area contributed by atoms with Crippen LogP contribution in [0.2, 0.25) is 0 Å². The molecule has 1 aliphatic carbocycles. The van der Waals surface area contributed by atoms with Crippen molar-refractivity contribution in [3.05, 3.63) is 0 Å². The van der Waals surface area contributed by atoms with Crippen LogP contribution in [-0.2, 0) is 9.53 Å². The zero-order chi connectivity index (χ0) is 8.81. The SMILES string of the molecule is O=C1CCCC1CCOCCO. The summed E-state index contributed by atoms with van der Waals surface area (Å²) in [7, 11) is 0. The molecule has 0 radical (unpaired) electrons. The molecule has 0 amide bonds. The molecule has 1 atom stereocenters. The lowest BCUT2D eigenvalue weighted by molar-refractivity contribution is -0.121. The second kappa shape index (κ2) is 5.27. The molecule has 0 aliphatic heterocycles. The molecule has 1 N–H and O–H groups in total. The topological polar surface area (TPSA) is 46.5 Å².